The lowest BCUT2D eigenvalue weighted by Crippen LogP contribution is -2.23. The van der Waals surface area contributed by atoms with Crippen molar-refractivity contribution in [3.63, 3.8) is 0 Å². The fourth-order valence-corrected chi connectivity index (χ4v) is 2.25. The highest BCUT2D eigenvalue weighted by atomic mass is 16.1. The van der Waals surface area contributed by atoms with Crippen LogP contribution < -0.4 is 11.1 Å². The first-order valence-electron chi connectivity index (χ1n) is 6.70. The van der Waals surface area contributed by atoms with Gasteiger partial charge in [-0.15, -0.1) is 0 Å². The zero-order valence-electron chi connectivity index (χ0n) is 11.4. The summed E-state index contributed by atoms with van der Waals surface area (Å²) in [5.74, 6) is -0.206. The van der Waals surface area contributed by atoms with Crippen molar-refractivity contribution in [2.24, 2.45) is 0 Å². The van der Waals surface area contributed by atoms with Gasteiger partial charge in [0.25, 0.3) is 5.91 Å². The van der Waals surface area contributed by atoms with Crippen molar-refractivity contribution >= 4 is 22.4 Å². The number of hydrogen-bond acceptors (Lipinski definition) is 3. The van der Waals surface area contributed by atoms with Crippen LogP contribution in [0.4, 0.5) is 5.69 Å². The van der Waals surface area contributed by atoms with Crippen LogP contribution in [-0.2, 0) is 6.54 Å². The summed E-state index contributed by atoms with van der Waals surface area (Å²) >= 11 is 0. The Kier molecular flexibility index (Phi) is 3.51. The Bertz CT molecular complexity index is 776. The Hall–Kier alpha value is -2.88. The summed E-state index contributed by atoms with van der Waals surface area (Å²) in [6.07, 6.45) is 1.48. The second-order valence-electron chi connectivity index (χ2n) is 4.80. The summed E-state index contributed by atoms with van der Waals surface area (Å²) in [5, 5.41) is 5.19. The van der Waals surface area contributed by atoms with Crippen LogP contribution in [0, 0.1) is 0 Å². The lowest BCUT2D eigenvalue weighted by Gasteiger charge is -2.08. The van der Waals surface area contributed by atoms with E-state index in [2.05, 4.69) is 28.5 Å². The van der Waals surface area contributed by atoms with Crippen molar-refractivity contribution in [2.45, 2.75) is 6.54 Å². The maximum Gasteiger partial charge on any atom is 0.270 e. The van der Waals surface area contributed by atoms with Crippen LogP contribution in [0.5, 0.6) is 0 Å². The minimum absolute atomic E-state index is 0.206. The van der Waals surface area contributed by atoms with E-state index in [4.69, 9.17) is 5.73 Å². The zero-order valence-corrected chi connectivity index (χ0v) is 11.4. The first-order chi connectivity index (χ1) is 10.2. The molecule has 0 radical (unpaired) electrons. The number of carbonyl (C=O) groups is 1. The largest absolute Gasteiger partial charge is 0.397 e. The number of amides is 1. The normalized spacial score (nSPS) is 10.5. The average molecular weight is 277 g/mol. The molecule has 0 fully saturated rings. The van der Waals surface area contributed by atoms with Gasteiger partial charge in [-0.1, -0.05) is 42.5 Å². The maximum atomic E-state index is 12.1. The van der Waals surface area contributed by atoms with Crippen molar-refractivity contribution < 1.29 is 4.79 Å². The van der Waals surface area contributed by atoms with Gasteiger partial charge in [0.15, 0.2) is 0 Å². The topological polar surface area (TPSA) is 68.0 Å². The number of nitrogens with two attached hydrogens (primary N) is 1. The van der Waals surface area contributed by atoms with Gasteiger partial charge in [-0.2, -0.15) is 0 Å². The molecule has 1 amide bonds. The van der Waals surface area contributed by atoms with Crippen LogP contribution in [0.3, 0.4) is 0 Å². The van der Waals surface area contributed by atoms with Crippen LogP contribution in [0.1, 0.15) is 16.1 Å². The third kappa shape index (κ3) is 2.84. The average Bonchev–Trinajstić information content (AvgIpc) is 2.53. The zero-order chi connectivity index (χ0) is 14.7. The molecule has 3 rings (SSSR count). The Morgan fingerprint density at radius 1 is 1.05 bits per heavy atom. The molecule has 0 unspecified atom stereocenters. The molecule has 0 saturated heterocycles. The molecule has 4 nitrogen and oxygen atoms in total. The van der Waals surface area contributed by atoms with Crippen LogP contribution in [0.15, 0.2) is 60.8 Å². The molecule has 104 valence electrons. The van der Waals surface area contributed by atoms with Gasteiger partial charge in [-0.05, 0) is 28.5 Å². The number of benzene rings is 2. The second kappa shape index (κ2) is 5.63. The van der Waals surface area contributed by atoms with E-state index in [1.807, 2.05) is 24.3 Å². The predicted octanol–water partition coefficient (Wildman–Crippen LogP) is 2.75. The Morgan fingerprint density at radius 2 is 1.86 bits per heavy atom. The second-order valence-corrected chi connectivity index (χ2v) is 4.80. The fraction of sp³-hybridized carbons (Fsp3) is 0.0588. The highest BCUT2D eigenvalue weighted by Crippen LogP contribution is 2.18. The van der Waals surface area contributed by atoms with Gasteiger partial charge in [0.05, 0.1) is 11.9 Å². The van der Waals surface area contributed by atoms with Crippen molar-refractivity contribution in [3.05, 3.63) is 72.1 Å². The van der Waals surface area contributed by atoms with Gasteiger partial charge in [-0.3, -0.25) is 4.79 Å². The van der Waals surface area contributed by atoms with Crippen molar-refractivity contribution in [1.82, 2.24) is 10.3 Å². The number of nitrogen functional groups attached to an aromatic ring is 1. The van der Waals surface area contributed by atoms with Crippen molar-refractivity contribution in [2.75, 3.05) is 5.73 Å². The van der Waals surface area contributed by atoms with Gasteiger partial charge < -0.3 is 11.1 Å². The summed E-state index contributed by atoms with van der Waals surface area (Å²) in [4.78, 5) is 16.1. The molecule has 2 aromatic carbocycles. The highest BCUT2D eigenvalue weighted by Gasteiger charge is 2.07. The minimum atomic E-state index is -0.206. The van der Waals surface area contributed by atoms with Crippen LogP contribution in [0.2, 0.25) is 0 Å². The molecular formula is C17H15N3O. The molecule has 4 heteroatoms. The molecule has 1 aromatic heterocycles. The number of hydrogen-bond donors (Lipinski definition) is 2. The van der Waals surface area contributed by atoms with E-state index in [1.54, 1.807) is 12.1 Å². The van der Waals surface area contributed by atoms with Gasteiger partial charge in [0.1, 0.15) is 5.69 Å². The molecule has 0 aliphatic heterocycles. The first kappa shape index (κ1) is 13.1. The summed E-state index contributed by atoms with van der Waals surface area (Å²) in [6, 6.07) is 17.5. The monoisotopic (exact) mass is 277 g/mol. The number of anilines is 1. The fourth-order valence-electron chi connectivity index (χ4n) is 2.25. The molecule has 0 aliphatic carbocycles. The summed E-state index contributed by atoms with van der Waals surface area (Å²) < 4.78 is 0. The highest BCUT2D eigenvalue weighted by molar-refractivity contribution is 5.93. The molecule has 3 aromatic rings. The molecule has 0 aliphatic rings. The maximum absolute atomic E-state index is 12.1. The first-order valence-corrected chi connectivity index (χ1v) is 6.70. The van der Waals surface area contributed by atoms with Crippen molar-refractivity contribution in [1.29, 1.82) is 0 Å². The molecule has 0 atom stereocenters. The number of fused-ring (bicyclic) bond motifs is 1. The summed E-state index contributed by atoms with van der Waals surface area (Å²) in [5.41, 5.74) is 7.55. The molecule has 1 heterocycles. The molecule has 0 spiro atoms. The molecular weight excluding hydrogens is 262 g/mol. The molecule has 0 bridgehead atoms. The predicted molar refractivity (Wildman–Crippen MR) is 83.8 cm³/mol. The van der Waals surface area contributed by atoms with Gasteiger partial charge in [0, 0.05) is 6.54 Å². The van der Waals surface area contributed by atoms with Crippen LogP contribution in [-0.4, -0.2) is 10.9 Å². The standard InChI is InChI=1S/C17H15N3O/c18-14-8-9-16(19-11-14)17(21)20-10-13-6-3-5-12-4-1-2-7-15(12)13/h1-9,11H,10,18H2,(H,20,21). The van der Waals surface area contributed by atoms with E-state index in [0.717, 1.165) is 16.3 Å². The number of carbonyl (C=O) groups excluding carboxylic acids is 1. The smallest absolute Gasteiger partial charge is 0.270 e. The lowest BCUT2D eigenvalue weighted by molar-refractivity contribution is 0.0946. The Morgan fingerprint density at radius 3 is 2.67 bits per heavy atom. The lowest BCUT2D eigenvalue weighted by atomic mass is 10.0. The van der Waals surface area contributed by atoms with Gasteiger partial charge >= 0.3 is 0 Å². The molecule has 21 heavy (non-hydrogen) atoms. The third-order valence-corrected chi connectivity index (χ3v) is 3.34. The minimum Gasteiger partial charge on any atom is -0.397 e. The van der Waals surface area contributed by atoms with E-state index in [1.165, 1.54) is 6.20 Å². The quantitative estimate of drug-likeness (QED) is 0.773. The Balaban J connectivity index is 1.77. The SMILES string of the molecule is Nc1ccc(C(=O)NCc2cccc3ccccc23)nc1. The van der Waals surface area contributed by atoms with E-state index in [9.17, 15) is 4.79 Å². The van der Waals surface area contributed by atoms with Crippen molar-refractivity contribution in [3.8, 4) is 0 Å². The Labute approximate surface area is 122 Å². The molecule has 0 saturated carbocycles. The van der Waals surface area contributed by atoms with E-state index in [0.29, 0.717) is 17.9 Å². The number of pyridine rings is 1. The number of rotatable bonds is 3. The number of nitrogens with zero attached hydrogens (tertiary/aromatic N) is 1. The van der Waals surface area contributed by atoms with Gasteiger partial charge in [-0.25, -0.2) is 4.98 Å². The van der Waals surface area contributed by atoms with Crippen LogP contribution in [0.25, 0.3) is 10.8 Å². The summed E-state index contributed by atoms with van der Waals surface area (Å²) in [7, 11) is 0. The van der Waals surface area contributed by atoms with E-state index < -0.39 is 0 Å². The van der Waals surface area contributed by atoms with Gasteiger partial charge in [0.2, 0.25) is 0 Å². The third-order valence-electron chi connectivity index (χ3n) is 3.34. The van der Waals surface area contributed by atoms with E-state index in [-0.39, 0.29) is 5.91 Å². The molecule has 3 N–H and O–H groups in total. The summed E-state index contributed by atoms with van der Waals surface area (Å²) in [6.45, 7) is 0.465. The van der Waals surface area contributed by atoms with E-state index >= 15 is 0 Å². The number of nitrogens with one attached hydrogen (secondary N) is 1. The van der Waals surface area contributed by atoms with Crippen LogP contribution >= 0.6 is 0 Å². The number of aromatic nitrogens is 1.